The maximum absolute atomic E-state index is 5.00. The highest BCUT2D eigenvalue weighted by atomic mass is 15.1. The molecular formula is C28H27N4+. The van der Waals surface area contributed by atoms with Crippen LogP contribution in [0.25, 0.3) is 27.8 Å². The van der Waals surface area contributed by atoms with Gasteiger partial charge < -0.3 is 10.2 Å². The molecule has 5 rings (SSSR count). The number of fused-ring (bicyclic) bond motifs is 2. The van der Waals surface area contributed by atoms with Gasteiger partial charge in [-0.15, -0.1) is 4.57 Å². The fourth-order valence-corrected chi connectivity index (χ4v) is 4.25. The molecule has 0 saturated heterocycles. The number of anilines is 3. The molecule has 0 spiro atoms. The number of benzene rings is 4. The summed E-state index contributed by atoms with van der Waals surface area (Å²) in [4.78, 5) is 7.36. The monoisotopic (exact) mass is 419 g/mol. The normalized spacial score (nSPS) is 11.1. The second-order valence-electron chi connectivity index (χ2n) is 7.82. The van der Waals surface area contributed by atoms with Gasteiger partial charge in [0.25, 0.3) is 0 Å². The largest absolute Gasteiger partial charge is 0.372 e. The molecule has 32 heavy (non-hydrogen) atoms. The van der Waals surface area contributed by atoms with Gasteiger partial charge in [0, 0.05) is 54.4 Å². The Balaban J connectivity index is 1.76. The minimum absolute atomic E-state index is 0.968. The number of rotatable bonds is 6. The Labute approximate surface area is 188 Å². The number of hydrogen-bond donors (Lipinski definition) is 1. The van der Waals surface area contributed by atoms with E-state index in [1.165, 1.54) is 5.69 Å². The molecule has 0 bridgehead atoms. The standard InChI is InChI=1S/C28H26N4/c1-3-31(4-2)24-16-18-26-28(20-24)32(23-13-9-6-10-14-23)27-19-22(15-17-25(27)30-26)29-21-11-7-5-8-12-21/h5-20H,3-4H2,1-2H3/p+1. The maximum Gasteiger partial charge on any atom is 0.239 e. The van der Waals surface area contributed by atoms with Crippen LogP contribution in [-0.2, 0) is 0 Å². The summed E-state index contributed by atoms with van der Waals surface area (Å²) in [5.74, 6) is 0. The van der Waals surface area contributed by atoms with Crippen LogP contribution in [0.15, 0.2) is 97.1 Å². The molecule has 5 aromatic rings. The lowest BCUT2D eigenvalue weighted by molar-refractivity contribution is -0.538. The fraction of sp³-hybridized carbons (Fsp3) is 0.143. The van der Waals surface area contributed by atoms with E-state index in [9.17, 15) is 0 Å². The molecule has 0 aliphatic carbocycles. The van der Waals surface area contributed by atoms with E-state index < -0.39 is 0 Å². The summed E-state index contributed by atoms with van der Waals surface area (Å²) in [5, 5.41) is 3.52. The lowest BCUT2D eigenvalue weighted by Gasteiger charge is -2.20. The molecule has 1 aromatic heterocycles. The smallest absolute Gasteiger partial charge is 0.239 e. The minimum atomic E-state index is 0.968. The van der Waals surface area contributed by atoms with Crippen molar-refractivity contribution in [3.8, 4) is 5.69 Å². The molecule has 4 aromatic carbocycles. The second kappa shape index (κ2) is 8.67. The maximum atomic E-state index is 5.00. The van der Waals surface area contributed by atoms with Gasteiger partial charge in [0.2, 0.25) is 16.7 Å². The van der Waals surface area contributed by atoms with Crippen LogP contribution in [0.1, 0.15) is 13.8 Å². The van der Waals surface area contributed by atoms with Crippen LogP contribution in [0.3, 0.4) is 0 Å². The summed E-state index contributed by atoms with van der Waals surface area (Å²) >= 11 is 0. The Morgan fingerprint density at radius 1 is 0.688 bits per heavy atom. The van der Waals surface area contributed by atoms with Gasteiger partial charge >= 0.3 is 0 Å². The third kappa shape index (κ3) is 3.76. The van der Waals surface area contributed by atoms with Crippen LogP contribution < -0.4 is 14.8 Å². The third-order valence-electron chi connectivity index (χ3n) is 5.86. The number of nitrogens with one attached hydrogen (secondary N) is 1. The van der Waals surface area contributed by atoms with Crippen molar-refractivity contribution in [2.45, 2.75) is 13.8 Å². The van der Waals surface area contributed by atoms with Gasteiger partial charge in [-0.2, -0.15) is 0 Å². The average molecular weight is 420 g/mol. The fourth-order valence-electron chi connectivity index (χ4n) is 4.25. The van der Waals surface area contributed by atoms with Crippen LogP contribution in [0, 0.1) is 0 Å². The van der Waals surface area contributed by atoms with Crippen molar-refractivity contribution in [1.82, 2.24) is 4.98 Å². The molecule has 0 aliphatic rings. The van der Waals surface area contributed by atoms with Gasteiger partial charge in [-0.25, -0.2) is 4.98 Å². The summed E-state index contributed by atoms with van der Waals surface area (Å²) in [6.07, 6.45) is 0. The van der Waals surface area contributed by atoms with Crippen molar-refractivity contribution < 1.29 is 4.57 Å². The first-order valence-corrected chi connectivity index (χ1v) is 11.2. The van der Waals surface area contributed by atoms with Gasteiger partial charge in [0.05, 0.1) is 0 Å². The van der Waals surface area contributed by atoms with E-state index in [0.29, 0.717) is 0 Å². The first-order valence-electron chi connectivity index (χ1n) is 11.2. The van der Waals surface area contributed by atoms with Crippen LogP contribution in [0.2, 0.25) is 0 Å². The summed E-state index contributed by atoms with van der Waals surface area (Å²) in [6.45, 7) is 6.33. The van der Waals surface area contributed by atoms with Crippen LogP contribution in [0.4, 0.5) is 17.1 Å². The number of nitrogens with zero attached hydrogens (tertiary/aromatic N) is 3. The van der Waals surface area contributed by atoms with E-state index >= 15 is 0 Å². The Bertz CT molecular complexity index is 1360. The number of para-hydroxylation sites is 2. The molecule has 1 heterocycles. The lowest BCUT2D eigenvalue weighted by atomic mass is 10.1. The lowest BCUT2D eigenvalue weighted by Crippen LogP contribution is -2.33. The van der Waals surface area contributed by atoms with Gasteiger partial charge in [-0.3, -0.25) is 0 Å². The molecule has 0 fully saturated rings. The molecule has 0 amide bonds. The van der Waals surface area contributed by atoms with Crippen LogP contribution in [-0.4, -0.2) is 18.1 Å². The predicted octanol–water partition coefficient (Wildman–Crippen LogP) is 6.25. The highest BCUT2D eigenvalue weighted by molar-refractivity contribution is 5.86. The predicted molar refractivity (Wildman–Crippen MR) is 134 cm³/mol. The Morgan fingerprint density at radius 2 is 1.31 bits per heavy atom. The molecule has 0 aliphatic heterocycles. The van der Waals surface area contributed by atoms with E-state index in [-0.39, 0.29) is 0 Å². The van der Waals surface area contributed by atoms with Crippen molar-refractivity contribution >= 4 is 39.1 Å². The Kier molecular flexibility index (Phi) is 5.42. The third-order valence-corrected chi connectivity index (χ3v) is 5.86. The van der Waals surface area contributed by atoms with Crippen molar-refractivity contribution in [1.29, 1.82) is 0 Å². The zero-order valence-corrected chi connectivity index (χ0v) is 18.5. The number of hydrogen-bond acceptors (Lipinski definition) is 3. The zero-order chi connectivity index (χ0) is 21.9. The van der Waals surface area contributed by atoms with E-state index in [1.807, 2.05) is 18.2 Å². The molecule has 4 heteroatoms. The van der Waals surface area contributed by atoms with E-state index in [2.05, 4.69) is 107 Å². The summed E-state index contributed by atoms with van der Waals surface area (Å²) in [6, 6.07) is 33.7. The first-order chi connectivity index (χ1) is 15.8. The topological polar surface area (TPSA) is 32.0 Å². The van der Waals surface area contributed by atoms with Crippen molar-refractivity contribution in [2.24, 2.45) is 0 Å². The Morgan fingerprint density at radius 3 is 2.00 bits per heavy atom. The van der Waals surface area contributed by atoms with Crippen molar-refractivity contribution in [2.75, 3.05) is 23.3 Å². The number of aromatic nitrogens is 2. The summed E-state index contributed by atoms with van der Waals surface area (Å²) in [7, 11) is 0. The van der Waals surface area contributed by atoms with Gasteiger partial charge in [0.1, 0.15) is 11.0 Å². The van der Waals surface area contributed by atoms with E-state index in [0.717, 1.165) is 52.2 Å². The molecule has 4 nitrogen and oxygen atoms in total. The minimum Gasteiger partial charge on any atom is -0.372 e. The highest BCUT2D eigenvalue weighted by Gasteiger charge is 2.21. The Hall–Kier alpha value is -3.92. The van der Waals surface area contributed by atoms with Crippen LogP contribution >= 0.6 is 0 Å². The molecule has 0 unspecified atom stereocenters. The zero-order valence-electron chi connectivity index (χ0n) is 18.5. The van der Waals surface area contributed by atoms with Crippen LogP contribution in [0.5, 0.6) is 0 Å². The highest BCUT2D eigenvalue weighted by Crippen LogP contribution is 2.25. The molecule has 0 saturated carbocycles. The van der Waals surface area contributed by atoms with Gasteiger partial charge in [0.15, 0.2) is 0 Å². The second-order valence-corrected chi connectivity index (χ2v) is 7.82. The summed E-state index contributed by atoms with van der Waals surface area (Å²) in [5.41, 5.74) is 8.57. The molecule has 158 valence electrons. The van der Waals surface area contributed by atoms with Gasteiger partial charge in [-0.05, 0) is 50.2 Å². The quantitative estimate of drug-likeness (QED) is 0.261. The average Bonchev–Trinajstić information content (AvgIpc) is 2.84. The molecule has 0 atom stereocenters. The summed E-state index contributed by atoms with van der Waals surface area (Å²) < 4.78 is 2.32. The molecule has 1 N–H and O–H groups in total. The SMILES string of the molecule is CCN(CC)c1ccc2nc3ccc(Nc4ccccc4)cc3[n+](-c3ccccc3)c2c1. The van der Waals surface area contributed by atoms with E-state index in [4.69, 9.17) is 4.98 Å². The van der Waals surface area contributed by atoms with E-state index in [1.54, 1.807) is 0 Å². The molecular weight excluding hydrogens is 392 g/mol. The van der Waals surface area contributed by atoms with Crippen molar-refractivity contribution in [3.63, 3.8) is 0 Å². The first kappa shape index (κ1) is 20.0. The van der Waals surface area contributed by atoms with Crippen molar-refractivity contribution in [3.05, 3.63) is 97.1 Å². The van der Waals surface area contributed by atoms with Gasteiger partial charge in [-0.1, -0.05) is 36.4 Å². The molecule has 0 radical (unpaired) electrons.